The monoisotopic (exact) mass is 419 g/mol. The lowest BCUT2D eigenvalue weighted by atomic mass is 10.2. The lowest BCUT2D eigenvalue weighted by Gasteiger charge is -2.21. The fourth-order valence-corrected chi connectivity index (χ4v) is 2.51. The number of amides is 2. The molecule has 0 spiro atoms. The second-order valence-electron chi connectivity index (χ2n) is 5.98. The van der Waals surface area contributed by atoms with E-state index in [0.29, 0.717) is 23.7 Å². The standard InChI is InChI=1S/C19H22BrN3O3/c1-4-23(12-17(24)22-13(2)3)19(25)14-5-10-18(21-11-14)26-16-8-6-15(20)7-9-16/h5-11,13H,4,12H2,1-3H3,(H,22,24). The molecule has 6 nitrogen and oxygen atoms in total. The first-order valence-corrected chi connectivity index (χ1v) is 9.16. The molecule has 0 unspecified atom stereocenters. The molecule has 0 saturated carbocycles. The quantitative estimate of drug-likeness (QED) is 0.743. The molecule has 2 amide bonds. The van der Waals surface area contributed by atoms with Crippen LogP contribution >= 0.6 is 15.9 Å². The molecule has 0 fully saturated rings. The van der Waals surface area contributed by atoms with Crippen LogP contribution in [0.5, 0.6) is 11.6 Å². The normalized spacial score (nSPS) is 10.5. The van der Waals surface area contributed by atoms with Crippen LogP contribution in [0.4, 0.5) is 0 Å². The molecule has 2 aromatic rings. The molecule has 0 aliphatic rings. The first-order chi connectivity index (χ1) is 12.4. The summed E-state index contributed by atoms with van der Waals surface area (Å²) in [5.41, 5.74) is 0.410. The molecule has 0 saturated heterocycles. The Labute approximate surface area is 161 Å². The zero-order chi connectivity index (χ0) is 19.1. The summed E-state index contributed by atoms with van der Waals surface area (Å²) in [6, 6.07) is 10.7. The zero-order valence-electron chi connectivity index (χ0n) is 15.0. The van der Waals surface area contributed by atoms with Gasteiger partial charge in [0.15, 0.2) is 0 Å². The minimum atomic E-state index is -0.242. The number of nitrogens with one attached hydrogen (secondary N) is 1. The Morgan fingerprint density at radius 1 is 1.19 bits per heavy atom. The number of aromatic nitrogens is 1. The number of ether oxygens (including phenoxy) is 1. The molecule has 1 heterocycles. The summed E-state index contributed by atoms with van der Waals surface area (Å²) in [6.07, 6.45) is 1.46. The van der Waals surface area contributed by atoms with Gasteiger partial charge in [0, 0.05) is 29.3 Å². The molecule has 0 aliphatic carbocycles. The van der Waals surface area contributed by atoms with Crippen molar-refractivity contribution >= 4 is 27.7 Å². The topological polar surface area (TPSA) is 71.5 Å². The summed E-state index contributed by atoms with van der Waals surface area (Å²) < 4.78 is 6.60. The summed E-state index contributed by atoms with van der Waals surface area (Å²) >= 11 is 3.36. The molecule has 1 aromatic heterocycles. The first-order valence-electron chi connectivity index (χ1n) is 8.37. The Balaban J connectivity index is 2.02. The summed E-state index contributed by atoms with van der Waals surface area (Å²) in [4.78, 5) is 30.1. The van der Waals surface area contributed by atoms with Crippen LogP contribution in [-0.2, 0) is 4.79 Å². The number of pyridine rings is 1. The van der Waals surface area contributed by atoms with Crippen molar-refractivity contribution < 1.29 is 14.3 Å². The lowest BCUT2D eigenvalue weighted by Crippen LogP contribution is -2.42. The van der Waals surface area contributed by atoms with Crippen molar-refractivity contribution in [3.63, 3.8) is 0 Å². The molecule has 26 heavy (non-hydrogen) atoms. The molecule has 1 aromatic carbocycles. The van der Waals surface area contributed by atoms with E-state index < -0.39 is 0 Å². The molecular formula is C19H22BrN3O3. The SMILES string of the molecule is CCN(CC(=O)NC(C)C)C(=O)c1ccc(Oc2ccc(Br)cc2)nc1. The van der Waals surface area contributed by atoms with Gasteiger partial charge in [-0.1, -0.05) is 15.9 Å². The van der Waals surface area contributed by atoms with Crippen LogP contribution in [-0.4, -0.2) is 40.8 Å². The molecule has 7 heteroatoms. The molecule has 0 bridgehead atoms. The number of hydrogen-bond donors (Lipinski definition) is 1. The second-order valence-corrected chi connectivity index (χ2v) is 6.90. The number of carbonyl (C=O) groups is 2. The number of benzene rings is 1. The van der Waals surface area contributed by atoms with Crippen molar-refractivity contribution in [3.8, 4) is 11.6 Å². The van der Waals surface area contributed by atoms with Gasteiger partial charge in [-0.15, -0.1) is 0 Å². The van der Waals surface area contributed by atoms with Gasteiger partial charge < -0.3 is 15.0 Å². The van der Waals surface area contributed by atoms with Gasteiger partial charge in [-0.2, -0.15) is 0 Å². The largest absolute Gasteiger partial charge is 0.439 e. The predicted molar refractivity (Wildman–Crippen MR) is 103 cm³/mol. The van der Waals surface area contributed by atoms with Crippen molar-refractivity contribution in [1.82, 2.24) is 15.2 Å². The van der Waals surface area contributed by atoms with Crippen molar-refractivity contribution in [1.29, 1.82) is 0 Å². The van der Waals surface area contributed by atoms with Gasteiger partial charge in [0.25, 0.3) is 5.91 Å². The molecule has 0 atom stereocenters. The highest BCUT2D eigenvalue weighted by molar-refractivity contribution is 9.10. The lowest BCUT2D eigenvalue weighted by molar-refractivity contribution is -0.122. The third-order valence-corrected chi connectivity index (χ3v) is 4.00. The highest BCUT2D eigenvalue weighted by Gasteiger charge is 2.18. The van der Waals surface area contributed by atoms with Crippen LogP contribution in [0.25, 0.3) is 0 Å². The second kappa shape index (κ2) is 9.33. The van der Waals surface area contributed by atoms with E-state index in [1.807, 2.05) is 45.0 Å². The van der Waals surface area contributed by atoms with E-state index in [4.69, 9.17) is 4.74 Å². The summed E-state index contributed by atoms with van der Waals surface area (Å²) in [5, 5.41) is 2.78. The predicted octanol–water partition coefficient (Wildman–Crippen LogP) is 3.62. The van der Waals surface area contributed by atoms with Crippen molar-refractivity contribution in [3.05, 3.63) is 52.6 Å². The van der Waals surface area contributed by atoms with Crippen LogP contribution in [0.3, 0.4) is 0 Å². The van der Waals surface area contributed by atoms with Crippen LogP contribution in [0.1, 0.15) is 31.1 Å². The minimum absolute atomic E-state index is 0.0185. The number of hydrogen-bond acceptors (Lipinski definition) is 4. The van der Waals surface area contributed by atoms with Crippen molar-refractivity contribution in [2.75, 3.05) is 13.1 Å². The smallest absolute Gasteiger partial charge is 0.255 e. The average molecular weight is 420 g/mol. The summed E-state index contributed by atoms with van der Waals surface area (Å²) in [7, 11) is 0. The Morgan fingerprint density at radius 3 is 2.42 bits per heavy atom. The highest BCUT2D eigenvalue weighted by Crippen LogP contribution is 2.21. The maximum absolute atomic E-state index is 12.6. The molecular weight excluding hydrogens is 398 g/mol. The Kier molecular flexibility index (Phi) is 7.15. The van der Waals surface area contributed by atoms with E-state index >= 15 is 0 Å². The number of carbonyl (C=O) groups excluding carboxylic acids is 2. The minimum Gasteiger partial charge on any atom is -0.439 e. The zero-order valence-corrected chi connectivity index (χ0v) is 16.6. The number of likely N-dealkylation sites (N-methyl/N-ethyl adjacent to an activating group) is 1. The van der Waals surface area contributed by atoms with E-state index in [0.717, 1.165) is 4.47 Å². The van der Waals surface area contributed by atoms with Crippen molar-refractivity contribution in [2.45, 2.75) is 26.8 Å². The van der Waals surface area contributed by atoms with Crippen LogP contribution in [0.15, 0.2) is 47.1 Å². The van der Waals surface area contributed by atoms with Crippen LogP contribution in [0, 0.1) is 0 Å². The van der Waals surface area contributed by atoms with Crippen LogP contribution in [0.2, 0.25) is 0 Å². The van der Waals surface area contributed by atoms with E-state index in [9.17, 15) is 9.59 Å². The van der Waals surface area contributed by atoms with Gasteiger partial charge in [0.2, 0.25) is 11.8 Å². The number of halogens is 1. The Hall–Kier alpha value is -2.41. The van der Waals surface area contributed by atoms with Gasteiger partial charge in [-0.25, -0.2) is 4.98 Å². The first kappa shape index (κ1) is 19.9. The van der Waals surface area contributed by atoms with E-state index in [1.54, 1.807) is 12.1 Å². The molecule has 0 radical (unpaired) electrons. The van der Waals surface area contributed by atoms with E-state index in [1.165, 1.54) is 11.1 Å². The third kappa shape index (κ3) is 5.84. The summed E-state index contributed by atoms with van der Waals surface area (Å²) in [6.45, 7) is 6.04. The van der Waals surface area contributed by atoms with Gasteiger partial charge in [-0.3, -0.25) is 9.59 Å². The van der Waals surface area contributed by atoms with Gasteiger partial charge >= 0.3 is 0 Å². The maximum atomic E-state index is 12.6. The van der Waals surface area contributed by atoms with Crippen molar-refractivity contribution in [2.24, 2.45) is 0 Å². The maximum Gasteiger partial charge on any atom is 0.255 e. The fraction of sp³-hybridized carbons (Fsp3) is 0.316. The van der Waals surface area contributed by atoms with Crippen LogP contribution < -0.4 is 10.1 Å². The Bertz CT molecular complexity index is 746. The third-order valence-electron chi connectivity index (χ3n) is 3.47. The van der Waals surface area contributed by atoms with E-state index in [2.05, 4.69) is 26.2 Å². The van der Waals surface area contributed by atoms with E-state index in [-0.39, 0.29) is 24.4 Å². The number of nitrogens with zero attached hydrogens (tertiary/aromatic N) is 2. The summed E-state index contributed by atoms with van der Waals surface area (Å²) in [5.74, 6) is 0.622. The Morgan fingerprint density at radius 2 is 1.88 bits per heavy atom. The van der Waals surface area contributed by atoms with Gasteiger partial charge in [0.1, 0.15) is 5.75 Å². The molecule has 1 N–H and O–H groups in total. The highest BCUT2D eigenvalue weighted by atomic mass is 79.9. The van der Waals surface area contributed by atoms with Gasteiger partial charge in [-0.05, 0) is 51.1 Å². The van der Waals surface area contributed by atoms with Gasteiger partial charge in [0.05, 0.1) is 12.1 Å². The number of rotatable bonds is 7. The molecule has 138 valence electrons. The fourth-order valence-electron chi connectivity index (χ4n) is 2.24. The molecule has 0 aliphatic heterocycles. The average Bonchev–Trinajstić information content (AvgIpc) is 2.61. The molecule has 2 rings (SSSR count).